The fraction of sp³-hybridized carbons (Fsp3) is 0.0667. The Hall–Kier alpha value is -3.03. The number of ether oxygens (including phenoxy) is 1. The van der Waals surface area contributed by atoms with Crippen LogP contribution in [0.15, 0.2) is 54.9 Å². The highest BCUT2D eigenvalue weighted by Crippen LogP contribution is 2.24. The SMILES string of the molecule is Oc1ccc(-c2ncn(-c3ccc(OC(F)(F)F)cc3)n2)cc1. The van der Waals surface area contributed by atoms with Crippen molar-refractivity contribution in [3.8, 4) is 28.6 Å². The highest BCUT2D eigenvalue weighted by atomic mass is 19.4. The van der Waals surface area contributed by atoms with Gasteiger partial charge < -0.3 is 9.84 Å². The Morgan fingerprint density at radius 3 is 2.22 bits per heavy atom. The van der Waals surface area contributed by atoms with Gasteiger partial charge in [-0.1, -0.05) is 0 Å². The number of phenolic OH excluding ortho intramolecular Hbond substituents is 1. The fourth-order valence-corrected chi connectivity index (χ4v) is 1.93. The number of halogens is 3. The van der Waals surface area contributed by atoms with E-state index in [0.717, 1.165) is 0 Å². The average Bonchev–Trinajstić information content (AvgIpc) is 2.97. The molecule has 0 atom stereocenters. The lowest BCUT2D eigenvalue weighted by molar-refractivity contribution is -0.274. The first kappa shape index (κ1) is 14.9. The van der Waals surface area contributed by atoms with Crippen molar-refractivity contribution in [2.45, 2.75) is 6.36 Å². The standard InChI is InChI=1S/C15H10F3N3O2/c16-15(17,18)23-13-7-3-11(4-8-13)21-9-19-14(20-21)10-1-5-12(22)6-2-10/h1-9,22H. The predicted molar refractivity (Wildman–Crippen MR) is 75.1 cm³/mol. The largest absolute Gasteiger partial charge is 0.573 e. The van der Waals surface area contributed by atoms with Crippen LogP contribution in [0.4, 0.5) is 13.2 Å². The molecule has 1 aromatic heterocycles. The maximum atomic E-state index is 12.1. The van der Waals surface area contributed by atoms with E-state index in [1.54, 1.807) is 12.1 Å². The molecule has 0 aliphatic rings. The molecular formula is C15H10F3N3O2. The van der Waals surface area contributed by atoms with E-state index < -0.39 is 6.36 Å². The lowest BCUT2D eigenvalue weighted by atomic mass is 10.2. The molecule has 3 rings (SSSR count). The van der Waals surface area contributed by atoms with Crippen molar-refractivity contribution in [3.63, 3.8) is 0 Å². The minimum atomic E-state index is -4.72. The van der Waals surface area contributed by atoms with Crippen molar-refractivity contribution in [1.82, 2.24) is 14.8 Å². The Morgan fingerprint density at radius 1 is 0.957 bits per heavy atom. The Balaban J connectivity index is 1.81. The third kappa shape index (κ3) is 3.60. The Labute approximate surface area is 128 Å². The van der Waals surface area contributed by atoms with E-state index in [0.29, 0.717) is 17.1 Å². The first-order valence-electron chi connectivity index (χ1n) is 6.48. The normalized spacial score (nSPS) is 11.4. The quantitative estimate of drug-likeness (QED) is 0.801. The summed E-state index contributed by atoms with van der Waals surface area (Å²) in [6, 6.07) is 11.6. The summed E-state index contributed by atoms with van der Waals surface area (Å²) in [5.41, 5.74) is 1.25. The second-order valence-electron chi connectivity index (χ2n) is 4.60. The average molecular weight is 321 g/mol. The van der Waals surface area contributed by atoms with Crippen LogP contribution >= 0.6 is 0 Å². The van der Waals surface area contributed by atoms with E-state index in [4.69, 9.17) is 0 Å². The van der Waals surface area contributed by atoms with Crippen LogP contribution in [-0.2, 0) is 0 Å². The zero-order valence-corrected chi connectivity index (χ0v) is 11.5. The van der Waals surface area contributed by atoms with Crippen LogP contribution in [-0.4, -0.2) is 26.2 Å². The Kier molecular flexibility index (Phi) is 3.65. The van der Waals surface area contributed by atoms with E-state index in [9.17, 15) is 18.3 Å². The van der Waals surface area contributed by atoms with Crippen molar-refractivity contribution >= 4 is 0 Å². The fourth-order valence-electron chi connectivity index (χ4n) is 1.93. The summed E-state index contributed by atoms with van der Waals surface area (Å²) in [4.78, 5) is 4.13. The van der Waals surface area contributed by atoms with Crippen LogP contribution in [0, 0.1) is 0 Å². The van der Waals surface area contributed by atoms with Gasteiger partial charge in [0.2, 0.25) is 0 Å². The van der Waals surface area contributed by atoms with Gasteiger partial charge in [-0.3, -0.25) is 0 Å². The van der Waals surface area contributed by atoms with Gasteiger partial charge in [0.25, 0.3) is 0 Å². The number of hydrogen-bond acceptors (Lipinski definition) is 4. The zero-order valence-electron chi connectivity index (χ0n) is 11.5. The van der Waals surface area contributed by atoms with E-state index in [1.165, 1.54) is 47.4 Å². The van der Waals surface area contributed by atoms with Gasteiger partial charge in [0.05, 0.1) is 5.69 Å². The summed E-state index contributed by atoms with van der Waals surface area (Å²) >= 11 is 0. The molecule has 0 fully saturated rings. The molecule has 1 heterocycles. The van der Waals surface area contributed by atoms with Crippen LogP contribution in [0.5, 0.6) is 11.5 Å². The minimum absolute atomic E-state index is 0.133. The monoisotopic (exact) mass is 321 g/mol. The van der Waals surface area contributed by atoms with E-state index >= 15 is 0 Å². The summed E-state index contributed by atoms with van der Waals surface area (Å²) < 4.78 is 41.6. The van der Waals surface area contributed by atoms with E-state index in [-0.39, 0.29) is 11.5 Å². The maximum absolute atomic E-state index is 12.1. The van der Waals surface area contributed by atoms with Gasteiger partial charge in [-0.2, -0.15) is 0 Å². The molecule has 0 unspecified atom stereocenters. The molecule has 23 heavy (non-hydrogen) atoms. The van der Waals surface area contributed by atoms with Crippen LogP contribution in [0.25, 0.3) is 17.1 Å². The van der Waals surface area contributed by atoms with Gasteiger partial charge in [-0.25, -0.2) is 9.67 Å². The van der Waals surface area contributed by atoms with Gasteiger partial charge >= 0.3 is 6.36 Å². The number of aromatic hydroxyl groups is 1. The predicted octanol–water partition coefficient (Wildman–Crippen LogP) is 3.54. The molecule has 0 saturated carbocycles. The van der Waals surface area contributed by atoms with E-state index in [2.05, 4.69) is 14.8 Å². The number of phenols is 1. The van der Waals surface area contributed by atoms with Crippen molar-refractivity contribution in [2.24, 2.45) is 0 Å². The summed E-state index contributed by atoms with van der Waals surface area (Å²) in [7, 11) is 0. The number of benzene rings is 2. The van der Waals surface area contributed by atoms with Crippen molar-refractivity contribution in [2.75, 3.05) is 0 Å². The molecular weight excluding hydrogens is 311 g/mol. The summed E-state index contributed by atoms with van der Waals surface area (Å²) in [5.74, 6) is 0.258. The molecule has 8 heteroatoms. The summed E-state index contributed by atoms with van der Waals surface area (Å²) in [6.45, 7) is 0. The van der Waals surface area contributed by atoms with Crippen LogP contribution in [0.1, 0.15) is 0 Å². The van der Waals surface area contributed by atoms with Gasteiger partial charge in [0, 0.05) is 5.56 Å². The third-order valence-electron chi connectivity index (χ3n) is 2.95. The highest BCUT2D eigenvalue weighted by Gasteiger charge is 2.30. The molecule has 5 nitrogen and oxygen atoms in total. The maximum Gasteiger partial charge on any atom is 0.573 e. The number of rotatable bonds is 3. The molecule has 0 radical (unpaired) electrons. The molecule has 0 aliphatic heterocycles. The van der Waals surface area contributed by atoms with Gasteiger partial charge in [-0.05, 0) is 48.5 Å². The molecule has 2 aromatic carbocycles. The van der Waals surface area contributed by atoms with Crippen LogP contribution in [0.3, 0.4) is 0 Å². The van der Waals surface area contributed by atoms with Crippen LogP contribution in [0.2, 0.25) is 0 Å². The highest BCUT2D eigenvalue weighted by molar-refractivity contribution is 5.55. The van der Waals surface area contributed by atoms with Gasteiger partial charge in [0.1, 0.15) is 17.8 Å². The third-order valence-corrected chi connectivity index (χ3v) is 2.95. The molecule has 0 amide bonds. The number of nitrogens with zero attached hydrogens (tertiary/aromatic N) is 3. The van der Waals surface area contributed by atoms with Crippen molar-refractivity contribution in [3.05, 3.63) is 54.9 Å². The number of alkyl halides is 3. The van der Waals surface area contributed by atoms with Crippen molar-refractivity contribution in [1.29, 1.82) is 0 Å². The second kappa shape index (κ2) is 5.64. The molecule has 0 spiro atoms. The molecule has 0 bridgehead atoms. The molecule has 118 valence electrons. The van der Waals surface area contributed by atoms with E-state index in [1.807, 2.05) is 0 Å². The molecule has 0 saturated heterocycles. The Morgan fingerprint density at radius 2 is 1.61 bits per heavy atom. The topological polar surface area (TPSA) is 60.2 Å². The zero-order chi connectivity index (χ0) is 16.4. The first-order chi connectivity index (χ1) is 10.9. The number of hydrogen-bond donors (Lipinski definition) is 1. The second-order valence-corrected chi connectivity index (χ2v) is 4.60. The lowest BCUT2D eigenvalue weighted by Gasteiger charge is -2.09. The van der Waals surface area contributed by atoms with Gasteiger partial charge in [0.15, 0.2) is 5.82 Å². The summed E-state index contributed by atoms with van der Waals surface area (Å²) in [6.07, 6.45) is -3.28. The lowest BCUT2D eigenvalue weighted by Crippen LogP contribution is -2.17. The van der Waals surface area contributed by atoms with Gasteiger partial charge in [-0.15, -0.1) is 18.3 Å². The Bertz CT molecular complexity index is 796. The summed E-state index contributed by atoms with van der Waals surface area (Å²) in [5, 5.41) is 13.5. The number of aromatic nitrogens is 3. The van der Waals surface area contributed by atoms with Crippen molar-refractivity contribution < 1.29 is 23.0 Å². The smallest absolute Gasteiger partial charge is 0.508 e. The molecule has 1 N–H and O–H groups in total. The molecule has 3 aromatic rings. The van der Waals surface area contributed by atoms with Crippen LogP contribution < -0.4 is 4.74 Å². The first-order valence-corrected chi connectivity index (χ1v) is 6.48. The molecule has 0 aliphatic carbocycles. The minimum Gasteiger partial charge on any atom is -0.508 e.